The fraction of sp³-hybridized carbons (Fsp3) is 0.360. The summed E-state index contributed by atoms with van der Waals surface area (Å²) in [6.45, 7) is 1.64. The molecule has 33 heavy (non-hydrogen) atoms. The van der Waals surface area contributed by atoms with Gasteiger partial charge < -0.3 is 29.0 Å². The van der Waals surface area contributed by atoms with Crippen molar-refractivity contribution < 1.29 is 14.2 Å². The van der Waals surface area contributed by atoms with Crippen LogP contribution in [0, 0.1) is 0 Å². The molecule has 0 amide bonds. The Hall–Kier alpha value is -3.10. The summed E-state index contributed by atoms with van der Waals surface area (Å²) >= 11 is 5.88. The molecule has 2 aliphatic heterocycles. The lowest BCUT2D eigenvalue weighted by Crippen LogP contribution is -2.31. The van der Waals surface area contributed by atoms with E-state index in [2.05, 4.69) is 38.1 Å². The summed E-state index contributed by atoms with van der Waals surface area (Å²) in [4.78, 5) is 6.78. The highest BCUT2D eigenvalue weighted by atomic mass is 32.1. The van der Waals surface area contributed by atoms with Gasteiger partial charge in [-0.3, -0.25) is 4.98 Å². The lowest BCUT2D eigenvalue weighted by Gasteiger charge is -2.30. The predicted molar refractivity (Wildman–Crippen MR) is 131 cm³/mol. The number of benzene rings is 1. The van der Waals surface area contributed by atoms with Crippen molar-refractivity contribution in [3.05, 3.63) is 72.3 Å². The number of nitrogens with one attached hydrogen (secondary N) is 1. The summed E-state index contributed by atoms with van der Waals surface area (Å²) in [6.07, 6.45) is 6.35. The molecule has 0 saturated carbocycles. The van der Waals surface area contributed by atoms with Crippen molar-refractivity contribution >= 4 is 23.0 Å². The predicted octanol–water partition coefficient (Wildman–Crippen LogP) is 4.26. The van der Waals surface area contributed by atoms with Crippen molar-refractivity contribution in [2.24, 2.45) is 0 Å². The second kappa shape index (κ2) is 9.41. The molecule has 0 spiro atoms. The fourth-order valence-electron chi connectivity index (χ4n) is 4.77. The summed E-state index contributed by atoms with van der Waals surface area (Å²) in [5.41, 5.74) is 2.92. The first-order valence-corrected chi connectivity index (χ1v) is 11.6. The molecule has 2 fully saturated rings. The monoisotopic (exact) mass is 464 g/mol. The number of hydrogen-bond acceptors (Lipinski definition) is 5. The molecule has 1 aromatic carbocycles. The molecule has 8 heteroatoms. The van der Waals surface area contributed by atoms with Gasteiger partial charge in [0, 0.05) is 37.3 Å². The van der Waals surface area contributed by atoms with E-state index in [1.54, 1.807) is 14.2 Å². The van der Waals surface area contributed by atoms with Crippen molar-refractivity contribution in [2.45, 2.75) is 37.6 Å². The van der Waals surface area contributed by atoms with Crippen LogP contribution in [0.5, 0.6) is 11.5 Å². The number of rotatable bonds is 7. The van der Waals surface area contributed by atoms with Gasteiger partial charge >= 0.3 is 0 Å². The summed E-state index contributed by atoms with van der Waals surface area (Å²) in [7, 11) is 3.33. The molecule has 3 aromatic rings. The van der Waals surface area contributed by atoms with E-state index in [0.29, 0.717) is 5.11 Å². The number of pyridine rings is 1. The zero-order valence-electron chi connectivity index (χ0n) is 18.8. The topological polar surface area (TPSA) is 60.8 Å². The average Bonchev–Trinajstić information content (AvgIpc) is 3.60. The number of hydrogen-bond donors (Lipinski definition) is 1. The van der Waals surface area contributed by atoms with E-state index in [-0.39, 0.29) is 18.2 Å². The van der Waals surface area contributed by atoms with E-state index in [0.717, 1.165) is 54.6 Å². The minimum absolute atomic E-state index is 0.132. The van der Waals surface area contributed by atoms with Gasteiger partial charge in [-0.2, -0.15) is 0 Å². The third-order valence-corrected chi connectivity index (χ3v) is 6.65. The van der Waals surface area contributed by atoms with E-state index in [1.165, 1.54) is 0 Å². The van der Waals surface area contributed by atoms with Gasteiger partial charge in [0.15, 0.2) is 5.11 Å². The molecule has 172 valence electrons. The van der Waals surface area contributed by atoms with Crippen LogP contribution in [0.15, 0.2) is 60.9 Å². The molecule has 0 aliphatic carbocycles. The van der Waals surface area contributed by atoms with Crippen LogP contribution in [-0.4, -0.2) is 41.6 Å². The van der Waals surface area contributed by atoms with Crippen LogP contribution in [0.4, 0.5) is 5.69 Å². The van der Waals surface area contributed by atoms with Gasteiger partial charge in [-0.1, -0.05) is 6.07 Å². The molecule has 2 aliphatic rings. The molecule has 5 rings (SSSR count). The quantitative estimate of drug-likeness (QED) is 0.525. The van der Waals surface area contributed by atoms with E-state index in [1.807, 2.05) is 42.6 Å². The van der Waals surface area contributed by atoms with Crippen molar-refractivity contribution in [3.63, 3.8) is 0 Å². The highest BCUT2D eigenvalue weighted by Gasteiger charge is 2.43. The van der Waals surface area contributed by atoms with Gasteiger partial charge in [-0.05, 0) is 61.5 Å². The van der Waals surface area contributed by atoms with E-state index >= 15 is 0 Å². The second-order valence-electron chi connectivity index (χ2n) is 8.25. The van der Waals surface area contributed by atoms with Crippen LogP contribution in [0.1, 0.15) is 36.3 Å². The van der Waals surface area contributed by atoms with Crippen LogP contribution in [0.2, 0.25) is 0 Å². The van der Waals surface area contributed by atoms with Crippen LogP contribution >= 0.6 is 12.2 Å². The summed E-state index contributed by atoms with van der Waals surface area (Å²) in [5, 5.41) is 4.14. The van der Waals surface area contributed by atoms with Gasteiger partial charge in [0.25, 0.3) is 0 Å². The zero-order chi connectivity index (χ0) is 22.8. The Labute approximate surface area is 199 Å². The lowest BCUT2D eigenvalue weighted by atomic mass is 10.0. The van der Waals surface area contributed by atoms with Gasteiger partial charge in [0.2, 0.25) is 0 Å². The highest BCUT2D eigenvalue weighted by Crippen LogP contribution is 2.45. The summed E-state index contributed by atoms with van der Waals surface area (Å²) < 4.78 is 19.5. The first-order valence-electron chi connectivity index (χ1n) is 11.2. The Kier molecular flexibility index (Phi) is 6.20. The maximum absolute atomic E-state index is 5.93. The Bertz CT molecular complexity index is 1110. The Morgan fingerprint density at radius 2 is 2.06 bits per heavy atom. The lowest BCUT2D eigenvalue weighted by molar-refractivity contribution is 0.0961. The number of ether oxygens (including phenoxy) is 3. The first-order chi connectivity index (χ1) is 16.2. The zero-order valence-corrected chi connectivity index (χ0v) is 19.6. The molecule has 3 atom stereocenters. The van der Waals surface area contributed by atoms with E-state index in [9.17, 15) is 0 Å². The fourth-order valence-corrected chi connectivity index (χ4v) is 5.11. The summed E-state index contributed by atoms with van der Waals surface area (Å²) in [6, 6.07) is 15.7. The maximum atomic E-state index is 5.93. The average molecular weight is 465 g/mol. The molecule has 0 radical (unpaired) electrons. The molecular weight excluding hydrogens is 436 g/mol. The second-order valence-corrected chi connectivity index (χ2v) is 8.64. The van der Waals surface area contributed by atoms with Crippen molar-refractivity contribution in [2.75, 3.05) is 25.7 Å². The largest absolute Gasteiger partial charge is 0.497 e. The molecular formula is C25H28N4O3S. The van der Waals surface area contributed by atoms with Crippen LogP contribution in [0.3, 0.4) is 0 Å². The van der Waals surface area contributed by atoms with Gasteiger partial charge in [-0.25, -0.2) is 0 Å². The summed E-state index contributed by atoms with van der Waals surface area (Å²) in [5.74, 6) is 1.47. The smallest absolute Gasteiger partial charge is 0.174 e. The van der Waals surface area contributed by atoms with Gasteiger partial charge in [-0.15, -0.1) is 0 Å². The third kappa shape index (κ3) is 4.16. The Balaban J connectivity index is 1.62. The number of methoxy groups -OCH3 is 2. The minimum Gasteiger partial charge on any atom is -0.497 e. The van der Waals surface area contributed by atoms with Crippen LogP contribution in [0.25, 0.3) is 0 Å². The molecule has 7 nitrogen and oxygen atoms in total. The molecule has 0 unspecified atom stereocenters. The Morgan fingerprint density at radius 3 is 2.79 bits per heavy atom. The number of thiocarbonyl (C=S) groups is 1. The van der Waals surface area contributed by atoms with E-state index < -0.39 is 0 Å². The standard InChI is InChI=1S/C25H28N4O3S/c1-30-17-10-11-22(31-2)21(15-17)29-24(23(27-25(29)33)19-8-3-4-12-26-19)20-9-5-13-28(20)16-18-7-6-14-32-18/h3-5,8-13,15,18,23-24H,6-7,14,16H2,1-2H3,(H,27,33)/t18-,23-,24-/m1/s1. The van der Waals surface area contributed by atoms with Crippen LogP contribution < -0.4 is 19.7 Å². The number of aromatic nitrogens is 2. The molecule has 0 bridgehead atoms. The third-order valence-electron chi connectivity index (χ3n) is 6.34. The molecule has 4 heterocycles. The molecule has 2 saturated heterocycles. The molecule has 2 aromatic heterocycles. The Morgan fingerprint density at radius 1 is 1.15 bits per heavy atom. The van der Waals surface area contributed by atoms with Crippen molar-refractivity contribution in [3.8, 4) is 11.5 Å². The van der Waals surface area contributed by atoms with E-state index in [4.69, 9.17) is 26.4 Å². The van der Waals surface area contributed by atoms with Crippen molar-refractivity contribution in [1.29, 1.82) is 0 Å². The minimum atomic E-state index is -0.134. The van der Waals surface area contributed by atoms with Crippen LogP contribution in [-0.2, 0) is 11.3 Å². The molecule has 1 N–H and O–H groups in total. The number of nitrogens with zero attached hydrogens (tertiary/aromatic N) is 3. The first kappa shape index (κ1) is 21.7. The van der Waals surface area contributed by atoms with Gasteiger partial charge in [0.1, 0.15) is 17.5 Å². The SMILES string of the molecule is COc1ccc(OC)c(N2C(=S)N[C@H](c3ccccn3)[C@H]2c2cccn2C[C@H]2CCCO2)c1. The highest BCUT2D eigenvalue weighted by molar-refractivity contribution is 7.80. The maximum Gasteiger partial charge on any atom is 0.174 e. The normalized spacial score (nSPS) is 22.4. The van der Waals surface area contributed by atoms with Gasteiger partial charge in [0.05, 0.1) is 37.7 Å². The number of anilines is 1. The van der Waals surface area contributed by atoms with Crippen molar-refractivity contribution in [1.82, 2.24) is 14.9 Å².